The summed E-state index contributed by atoms with van der Waals surface area (Å²) in [6.45, 7) is 2.13. The maximum atomic E-state index is 12.3. The number of hydrogen-bond acceptors (Lipinski definition) is 8. The summed E-state index contributed by atoms with van der Waals surface area (Å²) in [4.78, 5) is 41.6. The molecule has 2 heterocycles. The summed E-state index contributed by atoms with van der Waals surface area (Å²) >= 11 is 1.26. The molecular weight excluding hydrogens is 410 g/mol. The summed E-state index contributed by atoms with van der Waals surface area (Å²) in [6, 6.07) is 7.28. The number of morpholine rings is 1. The van der Waals surface area contributed by atoms with E-state index in [4.69, 9.17) is 9.47 Å². The van der Waals surface area contributed by atoms with Crippen LogP contribution in [0.4, 0.5) is 5.13 Å². The maximum absolute atomic E-state index is 12.3. The monoisotopic (exact) mass is 433 g/mol. The summed E-state index contributed by atoms with van der Waals surface area (Å²) in [5.41, 5.74) is 1.34. The van der Waals surface area contributed by atoms with Gasteiger partial charge in [0.25, 0.3) is 5.91 Å². The smallest absolute Gasteiger partial charge is 0.306 e. The second kappa shape index (κ2) is 10.7. The van der Waals surface area contributed by atoms with E-state index in [1.54, 1.807) is 16.3 Å². The molecule has 1 fully saturated rings. The first-order valence-corrected chi connectivity index (χ1v) is 10.3. The fourth-order valence-corrected chi connectivity index (χ4v) is 3.53. The highest BCUT2D eigenvalue weighted by Gasteiger charge is 2.18. The second-order valence-electron chi connectivity index (χ2n) is 6.44. The zero-order chi connectivity index (χ0) is 21.3. The topological polar surface area (TPSA) is 107 Å². The number of carbonyl (C=O) groups is 3. The number of hydrogen-bond donors (Lipinski definition) is 1. The molecule has 0 spiro atoms. The predicted octanol–water partition coefficient (Wildman–Crippen LogP) is 1.94. The Kier molecular flexibility index (Phi) is 7.75. The fourth-order valence-electron chi connectivity index (χ4n) is 2.80. The van der Waals surface area contributed by atoms with Crippen molar-refractivity contribution in [1.82, 2.24) is 9.88 Å². The number of nitrogens with zero attached hydrogens (tertiary/aromatic N) is 2. The Morgan fingerprint density at radius 3 is 2.73 bits per heavy atom. The van der Waals surface area contributed by atoms with Crippen molar-refractivity contribution in [2.45, 2.75) is 12.8 Å². The quantitative estimate of drug-likeness (QED) is 0.634. The highest BCUT2D eigenvalue weighted by molar-refractivity contribution is 7.14. The highest BCUT2D eigenvalue weighted by atomic mass is 32.1. The van der Waals surface area contributed by atoms with E-state index >= 15 is 0 Å². The maximum Gasteiger partial charge on any atom is 0.306 e. The van der Waals surface area contributed by atoms with E-state index in [9.17, 15) is 14.4 Å². The number of thiazole rings is 1. The molecule has 2 amide bonds. The average molecular weight is 433 g/mol. The predicted molar refractivity (Wildman–Crippen MR) is 110 cm³/mol. The van der Waals surface area contributed by atoms with Crippen LogP contribution in [0.1, 0.15) is 12.8 Å². The van der Waals surface area contributed by atoms with Crippen LogP contribution >= 0.6 is 11.3 Å². The van der Waals surface area contributed by atoms with Gasteiger partial charge in [0, 0.05) is 30.5 Å². The molecule has 3 rings (SSSR count). The third kappa shape index (κ3) is 6.01. The molecule has 30 heavy (non-hydrogen) atoms. The van der Waals surface area contributed by atoms with Crippen molar-refractivity contribution in [1.29, 1.82) is 0 Å². The lowest BCUT2D eigenvalue weighted by Gasteiger charge is -2.26. The largest absolute Gasteiger partial charge is 0.483 e. The van der Waals surface area contributed by atoms with Crippen LogP contribution in [-0.4, -0.2) is 67.7 Å². The summed E-state index contributed by atoms with van der Waals surface area (Å²) in [5.74, 6) is -0.317. The molecule has 1 aromatic heterocycles. The molecule has 0 saturated carbocycles. The van der Waals surface area contributed by atoms with E-state index in [2.05, 4.69) is 15.0 Å². The Labute approximate surface area is 177 Å². The van der Waals surface area contributed by atoms with Crippen LogP contribution in [0.5, 0.6) is 5.75 Å². The van der Waals surface area contributed by atoms with Gasteiger partial charge in [-0.2, -0.15) is 0 Å². The lowest BCUT2D eigenvalue weighted by Crippen LogP contribution is -2.43. The molecule has 0 aliphatic carbocycles. The van der Waals surface area contributed by atoms with Crippen molar-refractivity contribution in [3.63, 3.8) is 0 Å². The fraction of sp³-hybridized carbons (Fsp3) is 0.400. The van der Waals surface area contributed by atoms with Crippen molar-refractivity contribution in [2.24, 2.45) is 0 Å². The van der Waals surface area contributed by atoms with E-state index in [-0.39, 0.29) is 31.3 Å². The lowest BCUT2D eigenvalue weighted by atomic mass is 10.1. The minimum absolute atomic E-state index is 0.00834. The first kappa shape index (κ1) is 21.7. The SMILES string of the molecule is COC(=O)CCC(=O)Nc1nc(-c2ccccc2OCC(=O)N2CCOCC2)cs1. The average Bonchev–Trinajstić information content (AvgIpc) is 3.24. The number of carbonyl (C=O) groups excluding carboxylic acids is 3. The van der Waals surface area contributed by atoms with E-state index < -0.39 is 5.97 Å². The van der Waals surface area contributed by atoms with E-state index in [1.807, 2.05) is 18.2 Å². The number of amides is 2. The van der Waals surface area contributed by atoms with Crippen molar-refractivity contribution in [2.75, 3.05) is 45.3 Å². The van der Waals surface area contributed by atoms with Gasteiger partial charge in [0.2, 0.25) is 5.91 Å². The van der Waals surface area contributed by atoms with E-state index in [1.165, 1.54) is 18.4 Å². The van der Waals surface area contributed by atoms with Gasteiger partial charge in [-0.05, 0) is 12.1 Å². The van der Waals surface area contributed by atoms with Gasteiger partial charge in [-0.15, -0.1) is 11.3 Å². The van der Waals surface area contributed by atoms with Gasteiger partial charge < -0.3 is 24.4 Å². The van der Waals surface area contributed by atoms with Gasteiger partial charge >= 0.3 is 5.97 Å². The van der Waals surface area contributed by atoms with Gasteiger partial charge in [-0.25, -0.2) is 4.98 Å². The van der Waals surface area contributed by atoms with Crippen molar-refractivity contribution in [3.8, 4) is 17.0 Å². The first-order valence-electron chi connectivity index (χ1n) is 9.46. The molecule has 1 N–H and O–H groups in total. The zero-order valence-electron chi connectivity index (χ0n) is 16.6. The normalized spacial score (nSPS) is 13.6. The molecule has 10 heteroatoms. The standard InChI is InChI=1S/C20H23N3O6S/c1-27-19(26)7-6-17(24)22-20-21-15(13-30-20)14-4-2-3-5-16(14)29-12-18(25)23-8-10-28-11-9-23/h2-5,13H,6-12H2,1H3,(H,21,22,24). The number of ether oxygens (including phenoxy) is 3. The molecule has 0 unspecified atom stereocenters. The molecule has 160 valence electrons. The van der Waals surface area contributed by atoms with Gasteiger partial charge in [0.15, 0.2) is 11.7 Å². The second-order valence-corrected chi connectivity index (χ2v) is 7.30. The number of anilines is 1. The highest BCUT2D eigenvalue weighted by Crippen LogP contribution is 2.32. The molecule has 1 aliphatic heterocycles. The van der Waals surface area contributed by atoms with Crippen molar-refractivity contribution < 1.29 is 28.6 Å². The number of rotatable bonds is 8. The van der Waals surface area contributed by atoms with Crippen LogP contribution in [-0.2, 0) is 23.9 Å². The third-order valence-electron chi connectivity index (χ3n) is 4.41. The minimum Gasteiger partial charge on any atom is -0.483 e. The molecule has 0 atom stereocenters. The summed E-state index contributed by atoms with van der Waals surface area (Å²) in [5, 5.41) is 4.88. The summed E-state index contributed by atoms with van der Waals surface area (Å²) < 4.78 is 15.6. The lowest BCUT2D eigenvalue weighted by molar-refractivity contribution is -0.141. The first-order chi connectivity index (χ1) is 14.6. The third-order valence-corrected chi connectivity index (χ3v) is 5.17. The van der Waals surface area contributed by atoms with Crippen LogP contribution in [0.3, 0.4) is 0 Å². The summed E-state index contributed by atoms with van der Waals surface area (Å²) in [6.07, 6.45) is 0.0271. The van der Waals surface area contributed by atoms with Crippen LogP contribution in [0.15, 0.2) is 29.6 Å². The Morgan fingerprint density at radius 1 is 1.20 bits per heavy atom. The number of methoxy groups -OCH3 is 1. The number of aromatic nitrogens is 1. The Balaban J connectivity index is 1.60. The minimum atomic E-state index is -0.442. The van der Waals surface area contributed by atoms with Crippen LogP contribution in [0, 0.1) is 0 Å². The van der Waals surface area contributed by atoms with Crippen LogP contribution < -0.4 is 10.1 Å². The Bertz CT molecular complexity index is 894. The number of para-hydroxylation sites is 1. The van der Waals surface area contributed by atoms with E-state index in [0.29, 0.717) is 42.9 Å². The van der Waals surface area contributed by atoms with Gasteiger partial charge in [-0.3, -0.25) is 14.4 Å². The Morgan fingerprint density at radius 2 is 1.97 bits per heavy atom. The van der Waals surface area contributed by atoms with Crippen LogP contribution in [0.2, 0.25) is 0 Å². The van der Waals surface area contributed by atoms with Gasteiger partial charge in [0.05, 0.1) is 32.4 Å². The molecular formula is C20H23N3O6S. The molecule has 1 aliphatic rings. The Hall–Kier alpha value is -2.98. The molecule has 9 nitrogen and oxygen atoms in total. The number of nitrogens with one attached hydrogen (secondary N) is 1. The molecule has 0 bridgehead atoms. The molecule has 2 aromatic rings. The van der Waals surface area contributed by atoms with Crippen LogP contribution in [0.25, 0.3) is 11.3 Å². The van der Waals surface area contributed by atoms with E-state index in [0.717, 1.165) is 5.56 Å². The van der Waals surface area contributed by atoms with Crippen molar-refractivity contribution in [3.05, 3.63) is 29.6 Å². The zero-order valence-corrected chi connectivity index (χ0v) is 17.4. The summed E-state index contributed by atoms with van der Waals surface area (Å²) in [7, 11) is 1.28. The van der Waals surface area contributed by atoms with Gasteiger partial charge in [0.1, 0.15) is 5.75 Å². The molecule has 1 aromatic carbocycles. The molecule has 1 saturated heterocycles. The van der Waals surface area contributed by atoms with Crippen molar-refractivity contribution >= 4 is 34.3 Å². The number of esters is 1. The number of benzene rings is 1. The molecule has 0 radical (unpaired) electrons. The van der Waals surface area contributed by atoms with Gasteiger partial charge in [-0.1, -0.05) is 12.1 Å².